The topological polar surface area (TPSA) is 50.5 Å². The Labute approximate surface area is 182 Å². The van der Waals surface area contributed by atoms with Crippen molar-refractivity contribution in [3.05, 3.63) is 82.3 Å². The molecule has 0 bridgehead atoms. The fourth-order valence-electron chi connectivity index (χ4n) is 3.46. The summed E-state index contributed by atoms with van der Waals surface area (Å²) in [5.41, 5.74) is 3.87. The lowest BCUT2D eigenvalue weighted by Crippen LogP contribution is -2.28. The SMILES string of the molecule is Cc1csc(/N=C2/S/C(=C\c3cn(C)c4ccccc34)C(=O)N2c2ccccc2)n1. The van der Waals surface area contributed by atoms with E-state index < -0.39 is 0 Å². The average molecular weight is 431 g/mol. The van der Waals surface area contributed by atoms with Crippen LogP contribution in [0.15, 0.2) is 76.1 Å². The third kappa shape index (κ3) is 3.36. The summed E-state index contributed by atoms with van der Waals surface area (Å²) in [5.74, 6) is -0.0776. The second-order valence-electron chi connectivity index (χ2n) is 6.97. The van der Waals surface area contributed by atoms with Gasteiger partial charge in [-0.05, 0) is 43.0 Å². The molecule has 1 aliphatic heterocycles. The van der Waals surface area contributed by atoms with Crippen LogP contribution in [0.25, 0.3) is 17.0 Å². The van der Waals surface area contributed by atoms with Crippen molar-refractivity contribution in [3.63, 3.8) is 0 Å². The number of amidine groups is 1. The van der Waals surface area contributed by atoms with Crippen molar-refractivity contribution >= 4 is 62.0 Å². The predicted octanol–water partition coefficient (Wildman–Crippen LogP) is 5.75. The highest BCUT2D eigenvalue weighted by Crippen LogP contribution is 2.38. The maximum atomic E-state index is 13.4. The lowest BCUT2D eigenvalue weighted by atomic mass is 10.1. The number of amides is 1. The number of aromatic nitrogens is 2. The molecule has 5 nitrogen and oxygen atoms in total. The molecule has 4 aromatic rings. The van der Waals surface area contributed by atoms with Crippen LogP contribution < -0.4 is 4.90 Å². The molecule has 7 heteroatoms. The van der Waals surface area contributed by atoms with Crippen LogP contribution in [0, 0.1) is 6.92 Å². The first-order valence-electron chi connectivity index (χ1n) is 9.44. The van der Waals surface area contributed by atoms with Crippen LogP contribution in [0.4, 0.5) is 10.8 Å². The Hall–Kier alpha value is -3.16. The van der Waals surface area contributed by atoms with Crippen molar-refractivity contribution in [1.29, 1.82) is 0 Å². The third-order valence-electron chi connectivity index (χ3n) is 4.83. The molecule has 0 atom stereocenters. The fourth-order valence-corrected chi connectivity index (χ4v) is 5.15. The van der Waals surface area contributed by atoms with Gasteiger partial charge in [0, 0.05) is 35.1 Å². The molecule has 0 unspecified atom stereocenters. The van der Waals surface area contributed by atoms with E-state index in [4.69, 9.17) is 4.99 Å². The third-order valence-corrected chi connectivity index (χ3v) is 6.65. The van der Waals surface area contributed by atoms with E-state index in [0.29, 0.717) is 15.2 Å². The minimum absolute atomic E-state index is 0.0776. The van der Waals surface area contributed by atoms with E-state index in [1.54, 1.807) is 4.90 Å². The number of para-hydroxylation sites is 2. The molecule has 3 heterocycles. The number of carbonyl (C=O) groups is 1. The van der Waals surface area contributed by atoms with Crippen LogP contribution in [0.2, 0.25) is 0 Å². The van der Waals surface area contributed by atoms with Crippen LogP contribution in [-0.4, -0.2) is 20.6 Å². The molecule has 0 radical (unpaired) electrons. The van der Waals surface area contributed by atoms with Crippen molar-refractivity contribution < 1.29 is 4.79 Å². The second-order valence-corrected chi connectivity index (χ2v) is 8.81. The summed E-state index contributed by atoms with van der Waals surface area (Å²) < 4.78 is 2.08. The van der Waals surface area contributed by atoms with E-state index in [1.807, 2.05) is 67.9 Å². The molecule has 0 spiro atoms. The summed E-state index contributed by atoms with van der Waals surface area (Å²) >= 11 is 2.86. The molecule has 0 aliphatic carbocycles. The summed E-state index contributed by atoms with van der Waals surface area (Å²) in [5, 5.41) is 4.34. The van der Waals surface area contributed by atoms with Gasteiger partial charge in [-0.3, -0.25) is 9.69 Å². The Morgan fingerprint density at radius 2 is 1.83 bits per heavy atom. The lowest BCUT2D eigenvalue weighted by molar-refractivity contribution is -0.113. The number of fused-ring (bicyclic) bond motifs is 1. The standard InChI is InChI=1S/C23H18N4OS2/c1-15-14-29-22(24-15)25-23-27(17-8-4-3-5-9-17)21(28)20(30-23)12-16-13-26(2)19-11-7-6-10-18(16)19/h3-14H,1-2H3/b20-12-,25-23+. The number of hydrogen-bond donors (Lipinski definition) is 0. The van der Waals surface area contributed by atoms with Crippen LogP contribution in [-0.2, 0) is 11.8 Å². The van der Waals surface area contributed by atoms with Gasteiger partial charge in [-0.15, -0.1) is 11.3 Å². The van der Waals surface area contributed by atoms with E-state index in [9.17, 15) is 4.79 Å². The monoisotopic (exact) mass is 430 g/mol. The number of aryl methyl sites for hydroxylation is 2. The van der Waals surface area contributed by atoms with Gasteiger partial charge < -0.3 is 4.57 Å². The first kappa shape index (κ1) is 18.8. The molecule has 148 valence electrons. The van der Waals surface area contributed by atoms with Crippen LogP contribution in [0.3, 0.4) is 0 Å². The van der Waals surface area contributed by atoms with E-state index >= 15 is 0 Å². The molecule has 1 aliphatic rings. The van der Waals surface area contributed by atoms with Gasteiger partial charge >= 0.3 is 0 Å². The minimum atomic E-state index is -0.0776. The average Bonchev–Trinajstić information content (AvgIpc) is 3.40. The van der Waals surface area contributed by atoms with Gasteiger partial charge in [-0.2, -0.15) is 4.99 Å². The minimum Gasteiger partial charge on any atom is -0.350 e. The Kier molecular flexibility index (Phi) is 4.77. The number of nitrogens with zero attached hydrogens (tertiary/aromatic N) is 4. The molecule has 2 aromatic heterocycles. The number of thiazole rings is 1. The maximum absolute atomic E-state index is 13.4. The quantitative estimate of drug-likeness (QED) is 0.389. The zero-order chi connectivity index (χ0) is 20.7. The smallest absolute Gasteiger partial charge is 0.271 e. The zero-order valence-corrected chi connectivity index (χ0v) is 18.1. The van der Waals surface area contributed by atoms with E-state index in [1.165, 1.54) is 23.1 Å². The van der Waals surface area contributed by atoms with Gasteiger partial charge in [-0.1, -0.05) is 36.4 Å². The molecule has 5 rings (SSSR count). The van der Waals surface area contributed by atoms with Gasteiger partial charge in [0.25, 0.3) is 5.91 Å². The largest absolute Gasteiger partial charge is 0.350 e. The van der Waals surface area contributed by atoms with Gasteiger partial charge in [-0.25, -0.2) is 4.98 Å². The number of anilines is 1. The van der Waals surface area contributed by atoms with Crippen molar-refractivity contribution in [3.8, 4) is 0 Å². The fraction of sp³-hybridized carbons (Fsp3) is 0.0870. The molecule has 1 fully saturated rings. The Morgan fingerprint density at radius 1 is 1.07 bits per heavy atom. The number of aliphatic imine (C=N–C) groups is 1. The molecule has 30 heavy (non-hydrogen) atoms. The molecule has 2 aromatic carbocycles. The van der Waals surface area contributed by atoms with Crippen molar-refractivity contribution in [1.82, 2.24) is 9.55 Å². The Bertz CT molecular complexity index is 1320. The summed E-state index contributed by atoms with van der Waals surface area (Å²) in [6, 6.07) is 17.8. The number of hydrogen-bond acceptors (Lipinski definition) is 5. The number of carbonyl (C=O) groups excluding carboxylic acids is 1. The van der Waals surface area contributed by atoms with Crippen LogP contribution in [0.1, 0.15) is 11.3 Å². The van der Waals surface area contributed by atoms with Crippen LogP contribution in [0.5, 0.6) is 0 Å². The van der Waals surface area contributed by atoms with Gasteiger partial charge in [0.1, 0.15) is 0 Å². The van der Waals surface area contributed by atoms with Gasteiger partial charge in [0.2, 0.25) is 5.13 Å². The van der Waals surface area contributed by atoms with Crippen molar-refractivity contribution in [2.24, 2.45) is 12.0 Å². The number of rotatable bonds is 3. The molecule has 1 saturated heterocycles. The predicted molar refractivity (Wildman–Crippen MR) is 126 cm³/mol. The summed E-state index contributed by atoms with van der Waals surface area (Å²) in [6.45, 7) is 1.94. The summed E-state index contributed by atoms with van der Waals surface area (Å²) in [7, 11) is 2.02. The maximum Gasteiger partial charge on any atom is 0.271 e. The van der Waals surface area contributed by atoms with E-state index in [0.717, 1.165) is 27.8 Å². The number of benzene rings is 2. The normalized spacial score (nSPS) is 17.0. The molecule has 0 N–H and O–H groups in total. The summed E-state index contributed by atoms with van der Waals surface area (Å²) in [4.78, 5) is 24.8. The summed E-state index contributed by atoms with van der Waals surface area (Å²) in [6.07, 6.45) is 4.01. The second kappa shape index (κ2) is 7.59. The zero-order valence-electron chi connectivity index (χ0n) is 16.4. The van der Waals surface area contributed by atoms with Gasteiger partial charge in [0.05, 0.1) is 16.3 Å². The highest BCUT2D eigenvalue weighted by atomic mass is 32.2. The first-order valence-corrected chi connectivity index (χ1v) is 11.1. The molecule has 1 amide bonds. The van der Waals surface area contributed by atoms with Gasteiger partial charge in [0.15, 0.2) is 5.17 Å². The van der Waals surface area contributed by atoms with E-state index in [-0.39, 0.29) is 5.91 Å². The number of thioether (sulfide) groups is 1. The molecular weight excluding hydrogens is 412 g/mol. The first-order chi connectivity index (χ1) is 14.6. The highest BCUT2D eigenvalue weighted by molar-refractivity contribution is 8.19. The van der Waals surface area contributed by atoms with Crippen molar-refractivity contribution in [2.45, 2.75) is 6.92 Å². The lowest BCUT2D eigenvalue weighted by Gasteiger charge is -2.14. The Morgan fingerprint density at radius 3 is 2.60 bits per heavy atom. The van der Waals surface area contributed by atoms with Crippen molar-refractivity contribution in [2.75, 3.05) is 4.90 Å². The highest BCUT2D eigenvalue weighted by Gasteiger charge is 2.35. The van der Waals surface area contributed by atoms with Crippen LogP contribution >= 0.6 is 23.1 Å². The van der Waals surface area contributed by atoms with E-state index in [2.05, 4.69) is 27.9 Å². The Balaban J connectivity index is 1.61. The molecule has 0 saturated carbocycles. The molecular formula is C23H18N4OS2.